The van der Waals surface area contributed by atoms with Gasteiger partial charge in [0, 0.05) is 5.41 Å². The Kier molecular flexibility index (Phi) is 4.69. The minimum Gasteiger partial charge on any atom is -0.339 e. The molecule has 1 N–H and O–H groups in total. The fourth-order valence-electron chi connectivity index (χ4n) is 2.63. The highest BCUT2D eigenvalue weighted by Crippen LogP contribution is 2.40. The van der Waals surface area contributed by atoms with Crippen molar-refractivity contribution in [1.29, 1.82) is 0 Å². The van der Waals surface area contributed by atoms with Crippen LogP contribution in [0, 0.1) is 11.6 Å². The van der Waals surface area contributed by atoms with Crippen LogP contribution in [0.25, 0.3) is 5.69 Å². The predicted octanol–water partition coefficient (Wildman–Crippen LogP) is 2.20. The first-order valence-corrected chi connectivity index (χ1v) is 9.40. The second-order valence-corrected chi connectivity index (χ2v) is 7.71. The third-order valence-electron chi connectivity index (χ3n) is 4.28. The molecule has 0 aliphatic carbocycles. The molecule has 1 atom stereocenters. The van der Waals surface area contributed by atoms with E-state index in [1.165, 1.54) is 16.9 Å². The van der Waals surface area contributed by atoms with E-state index in [0.29, 0.717) is 5.41 Å². The van der Waals surface area contributed by atoms with Gasteiger partial charge in [0.2, 0.25) is 0 Å². The molecule has 12 heteroatoms. The second-order valence-electron chi connectivity index (χ2n) is 6.08. The van der Waals surface area contributed by atoms with Crippen LogP contribution in [-0.2, 0) is 10.0 Å². The van der Waals surface area contributed by atoms with Gasteiger partial charge >= 0.3 is 0 Å². The van der Waals surface area contributed by atoms with Gasteiger partial charge < -0.3 is 4.90 Å². The number of nitrogens with one attached hydrogen (secondary N) is 1. The number of benzene rings is 1. The fraction of sp³-hybridized carbons (Fsp3) is 0.250. The highest BCUT2D eigenvalue weighted by molar-refractivity contribution is 7.92. The molecular formula is C16H14F4N4O3S. The van der Waals surface area contributed by atoms with E-state index in [9.17, 15) is 30.8 Å². The van der Waals surface area contributed by atoms with Gasteiger partial charge in [0.15, 0.2) is 17.3 Å². The Bertz CT molecular complexity index is 1050. The van der Waals surface area contributed by atoms with Crippen LogP contribution in [0.15, 0.2) is 36.3 Å². The molecule has 1 fully saturated rings. The van der Waals surface area contributed by atoms with E-state index >= 15 is 0 Å². The van der Waals surface area contributed by atoms with E-state index in [4.69, 9.17) is 0 Å². The third-order valence-corrected chi connectivity index (χ3v) is 5.19. The summed E-state index contributed by atoms with van der Waals surface area (Å²) in [5.41, 5.74) is -0.837. The molecule has 0 saturated carbocycles. The molecule has 2 aromatic rings. The molecule has 28 heavy (non-hydrogen) atoms. The Morgan fingerprint density at radius 1 is 1.32 bits per heavy atom. The predicted molar refractivity (Wildman–Crippen MR) is 91.8 cm³/mol. The summed E-state index contributed by atoms with van der Waals surface area (Å²) in [4.78, 5) is 13.1. The molecule has 150 valence electrons. The largest absolute Gasteiger partial charge is 0.339 e. The van der Waals surface area contributed by atoms with Crippen LogP contribution in [0.5, 0.6) is 0 Å². The summed E-state index contributed by atoms with van der Waals surface area (Å²) in [6.45, 7) is 3.34. The monoisotopic (exact) mass is 418 g/mol. The Balaban J connectivity index is 2.11. The van der Waals surface area contributed by atoms with Crippen LogP contribution >= 0.6 is 0 Å². The van der Waals surface area contributed by atoms with Crippen molar-refractivity contribution in [3.05, 3.63) is 53.6 Å². The van der Waals surface area contributed by atoms with E-state index in [0.717, 1.165) is 28.6 Å². The standard InChI is InChI=1S/C16H14F4N4O3S/c1-3-28(26,27)22-14(25)13-12(18)15(23-8-16(19,20)9(23)2)24(21-13)11-6-4-10(17)5-7-11/h3-7,9H,1,8H2,2H3,(H,22,25)/t9-/m1/s1. The number of carbonyl (C=O) groups is 1. The molecular weight excluding hydrogens is 404 g/mol. The van der Waals surface area contributed by atoms with Gasteiger partial charge in [-0.05, 0) is 31.2 Å². The molecule has 1 aromatic heterocycles. The Labute approximate surface area is 157 Å². The number of halogens is 4. The molecule has 0 spiro atoms. The summed E-state index contributed by atoms with van der Waals surface area (Å²) < 4.78 is 80.7. The van der Waals surface area contributed by atoms with Crippen molar-refractivity contribution in [2.75, 3.05) is 11.4 Å². The number of amides is 1. The third kappa shape index (κ3) is 3.35. The number of aromatic nitrogens is 2. The quantitative estimate of drug-likeness (QED) is 0.753. The molecule has 0 unspecified atom stereocenters. The van der Waals surface area contributed by atoms with Gasteiger partial charge in [-0.2, -0.15) is 5.10 Å². The summed E-state index contributed by atoms with van der Waals surface area (Å²) in [7, 11) is -4.23. The summed E-state index contributed by atoms with van der Waals surface area (Å²) in [5.74, 6) is -6.84. The minimum absolute atomic E-state index is 0.0864. The van der Waals surface area contributed by atoms with Crippen LogP contribution in [-0.4, -0.2) is 42.6 Å². The number of nitrogens with zero attached hydrogens (tertiary/aromatic N) is 3. The maximum atomic E-state index is 15.0. The van der Waals surface area contributed by atoms with E-state index in [-0.39, 0.29) is 5.69 Å². The molecule has 7 nitrogen and oxygen atoms in total. The molecule has 1 aliphatic heterocycles. The van der Waals surface area contributed by atoms with Crippen molar-refractivity contribution < 1.29 is 30.8 Å². The fourth-order valence-corrected chi connectivity index (χ4v) is 3.07. The van der Waals surface area contributed by atoms with E-state index in [2.05, 4.69) is 11.7 Å². The second kappa shape index (κ2) is 6.62. The zero-order valence-electron chi connectivity index (χ0n) is 14.4. The first kappa shape index (κ1) is 19.9. The molecule has 3 rings (SSSR count). The van der Waals surface area contributed by atoms with Crippen LogP contribution in [0.3, 0.4) is 0 Å². The van der Waals surface area contributed by atoms with Gasteiger partial charge in [-0.15, -0.1) is 0 Å². The van der Waals surface area contributed by atoms with Gasteiger partial charge in [-0.1, -0.05) is 6.58 Å². The van der Waals surface area contributed by atoms with Crippen molar-refractivity contribution >= 4 is 21.7 Å². The maximum absolute atomic E-state index is 15.0. The molecule has 1 aromatic carbocycles. The minimum atomic E-state index is -4.23. The highest BCUT2D eigenvalue weighted by Gasteiger charge is 2.54. The number of anilines is 1. The lowest BCUT2D eigenvalue weighted by molar-refractivity contribution is -0.0649. The van der Waals surface area contributed by atoms with Gasteiger partial charge in [0.05, 0.1) is 18.3 Å². The Morgan fingerprint density at radius 2 is 1.93 bits per heavy atom. The maximum Gasteiger partial charge on any atom is 0.288 e. The topological polar surface area (TPSA) is 84.3 Å². The van der Waals surface area contributed by atoms with Crippen molar-refractivity contribution in [1.82, 2.24) is 14.5 Å². The molecule has 2 heterocycles. The van der Waals surface area contributed by atoms with E-state index < -0.39 is 57.6 Å². The number of alkyl halides is 2. The zero-order chi connectivity index (χ0) is 20.9. The summed E-state index contributed by atoms with van der Waals surface area (Å²) >= 11 is 0. The molecule has 0 bridgehead atoms. The van der Waals surface area contributed by atoms with Gasteiger partial charge in [0.25, 0.3) is 21.9 Å². The average molecular weight is 418 g/mol. The van der Waals surface area contributed by atoms with Crippen LogP contribution in [0.1, 0.15) is 17.4 Å². The first-order valence-electron chi connectivity index (χ1n) is 7.85. The lowest BCUT2D eigenvalue weighted by Gasteiger charge is -2.46. The number of hydrogen-bond donors (Lipinski definition) is 1. The van der Waals surface area contributed by atoms with E-state index in [1.54, 1.807) is 0 Å². The van der Waals surface area contributed by atoms with E-state index in [1.807, 2.05) is 0 Å². The van der Waals surface area contributed by atoms with Gasteiger partial charge in [0.1, 0.15) is 5.82 Å². The van der Waals surface area contributed by atoms with Crippen molar-refractivity contribution in [3.63, 3.8) is 0 Å². The van der Waals surface area contributed by atoms with Crippen molar-refractivity contribution in [3.8, 4) is 5.69 Å². The molecule has 1 saturated heterocycles. The summed E-state index contributed by atoms with van der Waals surface area (Å²) in [6.07, 6.45) is 0. The number of rotatable bonds is 5. The number of carbonyl (C=O) groups excluding carboxylic acids is 1. The highest BCUT2D eigenvalue weighted by atomic mass is 32.2. The average Bonchev–Trinajstić information content (AvgIpc) is 2.97. The summed E-state index contributed by atoms with van der Waals surface area (Å²) in [6, 6.07) is 3.08. The lowest BCUT2D eigenvalue weighted by atomic mass is 10.00. The van der Waals surface area contributed by atoms with Gasteiger partial charge in [-0.3, -0.25) is 4.79 Å². The Hall–Kier alpha value is -2.89. The van der Waals surface area contributed by atoms with Crippen molar-refractivity contribution in [2.24, 2.45) is 0 Å². The number of sulfonamides is 1. The molecule has 1 amide bonds. The number of hydrogen-bond acceptors (Lipinski definition) is 5. The summed E-state index contributed by atoms with van der Waals surface area (Å²) in [5, 5.41) is 4.18. The lowest BCUT2D eigenvalue weighted by Crippen LogP contribution is -2.64. The smallest absolute Gasteiger partial charge is 0.288 e. The Morgan fingerprint density at radius 3 is 2.43 bits per heavy atom. The van der Waals surface area contributed by atoms with Crippen molar-refractivity contribution in [2.45, 2.75) is 18.9 Å². The molecule has 0 radical (unpaired) electrons. The zero-order valence-corrected chi connectivity index (χ0v) is 15.2. The van der Waals surface area contributed by atoms with Gasteiger partial charge in [-0.25, -0.2) is 35.4 Å². The normalized spacial score (nSPS) is 18.5. The SMILES string of the molecule is C=CS(=O)(=O)NC(=O)c1nn(-c2ccc(F)cc2)c(N2CC(F)(F)[C@H]2C)c1F. The van der Waals surface area contributed by atoms with Crippen LogP contribution < -0.4 is 9.62 Å². The van der Waals surface area contributed by atoms with Crippen LogP contribution in [0.2, 0.25) is 0 Å². The van der Waals surface area contributed by atoms with Crippen LogP contribution in [0.4, 0.5) is 23.4 Å². The first-order chi connectivity index (χ1) is 13.0. The molecule has 1 aliphatic rings.